The molecule has 2 heterocycles. The van der Waals surface area contributed by atoms with Gasteiger partial charge in [-0.3, -0.25) is 4.79 Å². The lowest BCUT2D eigenvalue weighted by Gasteiger charge is -2.45. The van der Waals surface area contributed by atoms with Crippen molar-refractivity contribution in [1.82, 2.24) is 15.0 Å². The minimum absolute atomic E-state index is 0.190. The Morgan fingerprint density at radius 2 is 1.08 bits per heavy atom. The lowest BCUT2D eigenvalue weighted by atomic mass is 9.97. The highest BCUT2D eigenvalue weighted by Crippen LogP contribution is 2.33. The van der Waals surface area contributed by atoms with Gasteiger partial charge in [0.05, 0.1) is 26.4 Å². The molecule has 0 amide bonds. The van der Waals surface area contributed by atoms with Crippen molar-refractivity contribution < 1.29 is 28.5 Å². The molecule has 5 aromatic carbocycles. The van der Waals surface area contributed by atoms with Gasteiger partial charge in [0.1, 0.15) is 30.1 Å². The molecule has 0 bridgehead atoms. The zero-order valence-corrected chi connectivity index (χ0v) is 28.9. The van der Waals surface area contributed by atoms with Gasteiger partial charge in [0, 0.05) is 18.2 Å². The number of aromatic nitrogens is 3. The number of ether oxygens (including phenoxy) is 5. The lowest BCUT2D eigenvalue weighted by Crippen LogP contribution is -2.61. The van der Waals surface area contributed by atoms with Crippen LogP contribution in [0.4, 0.5) is 0 Å². The Bertz CT molecular complexity index is 1980. The van der Waals surface area contributed by atoms with Crippen molar-refractivity contribution in [3.05, 3.63) is 180 Å². The van der Waals surface area contributed by atoms with Crippen LogP contribution in [0.2, 0.25) is 0 Å². The molecule has 1 aliphatic rings. The first-order valence-corrected chi connectivity index (χ1v) is 17.4. The molecular weight excluding hydrogens is 654 g/mol. The van der Waals surface area contributed by atoms with Crippen LogP contribution in [-0.2, 0) is 50.0 Å². The molecule has 0 unspecified atom stereocenters. The molecule has 9 heteroatoms. The normalized spacial score (nSPS) is 20.1. The number of benzene rings is 5. The highest BCUT2D eigenvalue weighted by molar-refractivity contribution is 6.10. The first-order chi connectivity index (χ1) is 25.7. The van der Waals surface area contributed by atoms with E-state index in [1.165, 1.54) is 0 Å². The summed E-state index contributed by atoms with van der Waals surface area (Å²) < 4.78 is 34.6. The lowest BCUT2D eigenvalue weighted by molar-refractivity contribution is -0.319. The highest BCUT2D eigenvalue weighted by Gasteiger charge is 2.49. The molecule has 5 atom stereocenters. The van der Waals surface area contributed by atoms with Gasteiger partial charge in [-0.25, -0.2) is 4.68 Å². The van der Waals surface area contributed by atoms with Gasteiger partial charge in [-0.2, -0.15) is 0 Å². The molecule has 9 nitrogen and oxygen atoms in total. The largest absolute Gasteiger partial charge is 0.368 e. The molecule has 0 aliphatic carbocycles. The Morgan fingerprint density at radius 3 is 1.60 bits per heavy atom. The van der Waals surface area contributed by atoms with Crippen molar-refractivity contribution in [3.63, 3.8) is 0 Å². The molecule has 1 saturated heterocycles. The SMILES string of the molecule is CO[C@H]1O[C@H](Cn2nnc(C(=O)c3ccccc3)c2-c2ccccc2)[C@@H](OCc2ccccc2)[C@H](OCc2ccccc2)[C@H]1OCc1ccccc1. The Kier molecular flexibility index (Phi) is 11.7. The fourth-order valence-electron chi connectivity index (χ4n) is 6.45. The molecule has 0 N–H and O–H groups in total. The molecule has 264 valence electrons. The summed E-state index contributed by atoms with van der Waals surface area (Å²) in [5.74, 6) is -0.222. The minimum Gasteiger partial charge on any atom is -0.368 e. The second-order valence-electron chi connectivity index (χ2n) is 12.6. The van der Waals surface area contributed by atoms with Gasteiger partial charge < -0.3 is 23.7 Å². The average molecular weight is 696 g/mol. The van der Waals surface area contributed by atoms with Crippen molar-refractivity contribution >= 4 is 5.78 Å². The van der Waals surface area contributed by atoms with E-state index in [0.717, 1.165) is 22.3 Å². The molecule has 0 spiro atoms. The molecule has 6 aromatic rings. The van der Waals surface area contributed by atoms with Crippen LogP contribution in [0, 0.1) is 0 Å². The summed E-state index contributed by atoms with van der Waals surface area (Å²) in [4.78, 5) is 13.8. The fraction of sp³-hybridized carbons (Fsp3) is 0.233. The number of hydrogen-bond donors (Lipinski definition) is 0. The van der Waals surface area contributed by atoms with E-state index < -0.39 is 30.7 Å². The van der Waals surface area contributed by atoms with Crippen LogP contribution in [-0.4, -0.2) is 58.6 Å². The van der Waals surface area contributed by atoms with E-state index in [1.807, 2.05) is 140 Å². The zero-order chi connectivity index (χ0) is 35.5. The summed E-state index contributed by atoms with van der Waals surface area (Å²) in [6.07, 6.45) is -3.36. The molecular formula is C43H41N3O6. The van der Waals surface area contributed by atoms with E-state index >= 15 is 0 Å². The summed E-state index contributed by atoms with van der Waals surface area (Å²) in [7, 11) is 1.60. The van der Waals surface area contributed by atoms with E-state index in [2.05, 4.69) is 10.3 Å². The predicted molar refractivity (Wildman–Crippen MR) is 196 cm³/mol. The van der Waals surface area contributed by atoms with Crippen LogP contribution >= 0.6 is 0 Å². The third-order valence-electron chi connectivity index (χ3n) is 9.07. The van der Waals surface area contributed by atoms with Crippen molar-refractivity contribution in [3.8, 4) is 11.3 Å². The molecule has 1 fully saturated rings. The van der Waals surface area contributed by atoms with Crippen LogP contribution < -0.4 is 0 Å². The summed E-state index contributed by atoms with van der Waals surface area (Å²) in [6.45, 7) is 1.14. The predicted octanol–water partition coefficient (Wildman–Crippen LogP) is 7.30. The smallest absolute Gasteiger partial charge is 0.215 e. The summed E-state index contributed by atoms with van der Waals surface area (Å²) in [5.41, 5.74) is 5.17. The Labute approximate surface area is 303 Å². The van der Waals surface area contributed by atoms with Gasteiger partial charge in [-0.15, -0.1) is 5.10 Å². The maximum absolute atomic E-state index is 13.8. The van der Waals surface area contributed by atoms with Gasteiger partial charge in [0.15, 0.2) is 12.0 Å². The van der Waals surface area contributed by atoms with Crippen LogP contribution in [0.5, 0.6) is 0 Å². The number of rotatable bonds is 15. The Hall–Kier alpha value is -5.29. The standard InChI is InChI=1S/C43H41N3O6/c1-48-43-42(51-30-33-21-11-4-12-22-33)41(50-29-32-19-9-3-10-20-32)40(49-28-31-17-7-2-8-18-31)36(52-43)27-46-38(34-23-13-5-14-24-34)37(44-45-46)39(47)35-25-15-6-16-26-35/h2-26,36,40-43H,27-30H2,1H3/t36-,40-,41+,42-,43+/m1/s1. The second-order valence-corrected chi connectivity index (χ2v) is 12.6. The summed E-state index contributed by atoms with van der Waals surface area (Å²) in [6, 6.07) is 48.7. The number of hydrogen-bond acceptors (Lipinski definition) is 8. The molecule has 52 heavy (non-hydrogen) atoms. The van der Waals surface area contributed by atoms with Crippen LogP contribution in [0.1, 0.15) is 32.7 Å². The third kappa shape index (κ3) is 8.42. The topological polar surface area (TPSA) is 93.9 Å². The number of ketones is 1. The molecule has 1 aliphatic heterocycles. The van der Waals surface area contributed by atoms with E-state index in [1.54, 1.807) is 23.9 Å². The van der Waals surface area contributed by atoms with Gasteiger partial charge in [0.2, 0.25) is 5.78 Å². The number of carbonyl (C=O) groups excluding carboxylic acids is 1. The van der Waals surface area contributed by atoms with Gasteiger partial charge >= 0.3 is 0 Å². The van der Waals surface area contributed by atoms with Crippen molar-refractivity contribution in [2.45, 2.75) is 57.1 Å². The van der Waals surface area contributed by atoms with Crippen LogP contribution in [0.15, 0.2) is 152 Å². The van der Waals surface area contributed by atoms with Crippen molar-refractivity contribution in [2.24, 2.45) is 0 Å². The third-order valence-corrected chi connectivity index (χ3v) is 9.07. The van der Waals surface area contributed by atoms with E-state index in [0.29, 0.717) is 31.1 Å². The monoisotopic (exact) mass is 695 g/mol. The highest BCUT2D eigenvalue weighted by atomic mass is 16.7. The van der Waals surface area contributed by atoms with Crippen LogP contribution in [0.25, 0.3) is 11.3 Å². The van der Waals surface area contributed by atoms with Gasteiger partial charge in [-0.05, 0) is 16.7 Å². The van der Waals surface area contributed by atoms with Crippen LogP contribution in [0.3, 0.4) is 0 Å². The zero-order valence-electron chi connectivity index (χ0n) is 28.9. The number of nitrogens with zero attached hydrogens (tertiary/aromatic N) is 3. The molecule has 0 radical (unpaired) electrons. The first kappa shape index (κ1) is 35.1. The fourth-order valence-corrected chi connectivity index (χ4v) is 6.45. The van der Waals surface area contributed by atoms with E-state index in [9.17, 15) is 4.79 Å². The van der Waals surface area contributed by atoms with Crippen molar-refractivity contribution in [2.75, 3.05) is 7.11 Å². The number of methoxy groups -OCH3 is 1. The Balaban J connectivity index is 1.26. The summed E-state index contributed by atoms with van der Waals surface area (Å²) in [5, 5.41) is 8.99. The quantitative estimate of drug-likeness (QED) is 0.103. The maximum Gasteiger partial charge on any atom is 0.215 e. The maximum atomic E-state index is 13.8. The van der Waals surface area contributed by atoms with Gasteiger partial charge in [0.25, 0.3) is 0 Å². The van der Waals surface area contributed by atoms with E-state index in [-0.39, 0.29) is 18.0 Å². The molecule has 0 saturated carbocycles. The first-order valence-electron chi connectivity index (χ1n) is 17.4. The van der Waals surface area contributed by atoms with E-state index in [4.69, 9.17) is 23.7 Å². The minimum atomic E-state index is -0.805. The molecule has 7 rings (SSSR count). The average Bonchev–Trinajstić information content (AvgIpc) is 3.63. The second kappa shape index (κ2) is 17.3. The molecule has 1 aromatic heterocycles. The van der Waals surface area contributed by atoms with Gasteiger partial charge in [-0.1, -0.05) is 157 Å². The number of carbonyl (C=O) groups is 1. The summed E-state index contributed by atoms with van der Waals surface area (Å²) >= 11 is 0. The Morgan fingerprint density at radius 1 is 0.615 bits per heavy atom. The van der Waals surface area contributed by atoms with Crippen molar-refractivity contribution in [1.29, 1.82) is 0 Å².